The molecule has 6 saturated carbocycles. The molecule has 6 N–H and O–H groups in total. The van der Waals surface area contributed by atoms with Crippen LogP contribution in [0.4, 0.5) is 0 Å². The van der Waals surface area contributed by atoms with Crippen molar-refractivity contribution in [1.29, 1.82) is 0 Å². The molecule has 6 aliphatic carbocycles. The maximum absolute atomic E-state index is 12.5. The van der Waals surface area contributed by atoms with E-state index < -0.39 is 0 Å². The minimum absolute atomic E-state index is 0.0871. The summed E-state index contributed by atoms with van der Waals surface area (Å²) >= 11 is 18.5. The number of fused-ring (bicyclic) bond motifs is 6. The van der Waals surface area contributed by atoms with E-state index >= 15 is 0 Å². The van der Waals surface area contributed by atoms with E-state index in [0.717, 1.165) is 131 Å². The van der Waals surface area contributed by atoms with Crippen LogP contribution in [0.15, 0.2) is 187 Å². The Morgan fingerprint density at radius 3 is 1.00 bits per heavy atom. The summed E-state index contributed by atoms with van der Waals surface area (Å²) in [6, 6.07) is 39.3. The van der Waals surface area contributed by atoms with Crippen LogP contribution in [0.1, 0.15) is 249 Å². The number of H-pyrrole nitrogens is 6. The van der Waals surface area contributed by atoms with Crippen molar-refractivity contribution in [3.63, 3.8) is 0 Å². The summed E-state index contributed by atoms with van der Waals surface area (Å²) in [6.45, 7) is 14.5. The summed E-state index contributed by atoms with van der Waals surface area (Å²) in [5.41, 5.74) is 15.0. The fraction of sp³-hybridized carbons (Fsp3) is 0.411. The lowest BCUT2D eigenvalue weighted by Gasteiger charge is -2.13. The Hall–Kier alpha value is -13.9. The van der Waals surface area contributed by atoms with Crippen molar-refractivity contribution < 1.29 is 4.74 Å². The molecule has 0 unspecified atom stereocenters. The van der Waals surface area contributed by atoms with E-state index in [1.165, 1.54) is 171 Å². The zero-order valence-corrected chi connectivity index (χ0v) is 86.3. The summed E-state index contributed by atoms with van der Waals surface area (Å²) in [4.78, 5) is 120. The number of methoxy groups -OCH3 is 1. The molecule has 12 aromatic heterocycles. The Morgan fingerprint density at radius 1 is 0.329 bits per heavy atom. The van der Waals surface area contributed by atoms with Crippen molar-refractivity contribution in [2.45, 2.75) is 253 Å². The Morgan fingerprint density at radius 2 is 0.651 bits per heavy atom. The number of hydrogen-bond donors (Lipinski definition) is 6. The van der Waals surface area contributed by atoms with Crippen LogP contribution in [-0.2, 0) is 44.9 Å². The van der Waals surface area contributed by atoms with Gasteiger partial charge in [0.05, 0.1) is 83.4 Å². The van der Waals surface area contributed by atoms with Gasteiger partial charge in [-0.05, 0) is 176 Å². The highest BCUT2D eigenvalue weighted by atomic mass is 35.5. The number of aromatic nitrogens is 24. The second-order valence-corrected chi connectivity index (χ2v) is 42.0. The number of rotatable bonds is 21. The Balaban J connectivity index is 0.000000111. The maximum atomic E-state index is 12.5. The van der Waals surface area contributed by atoms with Crippen LogP contribution >= 0.6 is 34.8 Å². The molecule has 0 aliphatic heterocycles. The average Bonchev–Trinajstić information content (AvgIpc) is 1.64. The van der Waals surface area contributed by atoms with Gasteiger partial charge >= 0.3 is 0 Å². The molecule has 0 amide bonds. The van der Waals surface area contributed by atoms with Crippen molar-refractivity contribution >= 4 is 101 Å². The lowest BCUT2D eigenvalue weighted by Crippen LogP contribution is -2.15. The number of aryl methyl sites for hydroxylation is 5. The summed E-state index contributed by atoms with van der Waals surface area (Å²) < 4.78 is 15.7. The minimum atomic E-state index is -0.160. The summed E-state index contributed by atoms with van der Waals surface area (Å²) in [7, 11) is 1.63. The van der Waals surface area contributed by atoms with E-state index in [2.05, 4.69) is 119 Å². The van der Waals surface area contributed by atoms with Crippen LogP contribution in [0.25, 0.3) is 100 Å². The van der Waals surface area contributed by atoms with Gasteiger partial charge in [0.2, 0.25) is 0 Å². The predicted molar refractivity (Wildman–Crippen MR) is 575 cm³/mol. The average molecular weight is 2030 g/mol. The Bertz CT molecular complexity index is 8090. The first-order valence-corrected chi connectivity index (χ1v) is 53.0. The Kier molecular flexibility index (Phi) is 31.3. The number of nitrogens with one attached hydrogen (secondary N) is 6. The van der Waals surface area contributed by atoms with Gasteiger partial charge in [0.25, 0.3) is 33.4 Å². The van der Waals surface area contributed by atoms with E-state index in [1.807, 2.05) is 110 Å². The van der Waals surface area contributed by atoms with Crippen molar-refractivity contribution in [3.8, 4) is 39.9 Å². The molecule has 24 rings (SSSR count). The molecule has 0 bridgehead atoms. The fourth-order valence-corrected chi connectivity index (χ4v) is 22.9. The largest absolute Gasteiger partial charge is 0.497 e. The van der Waals surface area contributed by atoms with Crippen LogP contribution in [0, 0.1) is 63.2 Å². The molecule has 18 aromatic rings. The molecule has 6 aliphatic rings. The molecule has 0 spiro atoms. The second-order valence-electron chi connectivity index (χ2n) is 40.7. The monoisotopic (exact) mass is 2020 g/mol. The molecule has 31 nitrogen and oxygen atoms in total. The highest BCUT2D eigenvalue weighted by Crippen LogP contribution is 2.37. The van der Waals surface area contributed by atoms with Gasteiger partial charge in [-0.15, -0.1) is 0 Å². The molecule has 34 heteroatoms. The predicted octanol–water partition coefficient (Wildman–Crippen LogP) is 21.9. The van der Waals surface area contributed by atoms with Crippen molar-refractivity contribution in [1.82, 2.24) is 118 Å². The highest BCUT2D eigenvalue weighted by molar-refractivity contribution is 6.36. The molecule has 0 radical (unpaired) electrons. The fourth-order valence-electron chi connectivity index (χ4n) is 22.0. The third-order valence-electron chi connectivity index (χ3n) is 29.7. The number of ether oxygens (including phenoxy) is 1. The van der Waals surface area contributed by atoms with Gasteiger partial charge < -0.3 is 34.6 Å². The molecular formula is C112H125Cl3N24O7. The number of para-hydroxylation sites is 1. The molecule has 6 fully saturated rings. The standard InChI is InChI=1S/2C20H24N4O.C18H18Cl2N4O.C18H19ClN4O.C18H20N4O2.C18H20N4O/c1-13(2)15-7-9-16(10-8-15)24-19-17(12-21-24)20(25)23-18(22-19)11-14-5-3-4-6-14;1-3-15-10-6-7-13(2)18(15)24-19-16(12-21-24)20(25)23-17(22-19)11-14-8-4-5-9-14;1-10-6-12(19)8-14(20)16(10)24-17-13(9-21-24)18(25)23-15(22-17)7-11-4-2-3-5-11;1-11-8-13(19)6-7-15(11)23-17-14(10-20-23)18(24)22-16(21-17)9-12-4-2-3-5-12;1-24-14-8-4-7-13(10-14)22-17-15(11-19-22)18(23)21-16(20-17)9-12-5-2-3-6-12;1-12-5-4-8-14(9-12)22-17-15(11-19-22)18(23)21-16(20-17)10-13-6-2-3-7-13/h7-10,12-14H,3-6,11H2,1-2H3,(H,22,23,25);6-7,10,12,14H,3-5,8-9,11H2,1-2H3,(H,22,23,25);6,8-9,11H,2-5,7H2,1H3,(H,22,23,25);6-8,10,12H,2-5,9H2,1H3,(H,21,22,24);4,7-8,10-12H,2-3,5-6,9H2,1H3,(H,20,21,23);4-5,8-9,11,13H,2-3,6-7,10H2,1H3,(H,20,21,23). The van der Waals surface area contributed by atoms with Crippen molar-refractivity contribution in [3.05, 3.63) is 304 Å². The van der Waals surface area contributed by atoms with Crippen molar-refractivity contribution in [2.24, 2.45) is 35.5 Å². The molecule has 12 heterocycles. The smallest absolute Gasteiger partial charge is 0.262 e. The topological polar surface area (TPSA) is 391 Å². The maximum Gasteiger partial charge on any atom is 0.262 e. The van der Waals surface area contributed by atoms with E-state index in [9.17, 15) is 28.8 Å². The minimum Gasteiger partial charge on any atom is -0.497 e. The van der Waals surface area contributed by atoms with Gasteiger partial charge in [0.15, 0.2) is 33.9 Å². The number of benzene rings is 6. The Labute approximate surface area is 858 Å². The third kappa shape index (κ3) is 23.0. The summed E-state index contributed by atoms with van der Waals surface area (Å²) in [6.07, 6.45) is 45.5. The van der Waals surface area contributed by atoms with Gasteiger partial charge in [0.1, 0.15) is 73.0 Å². The van der Waals surface area contributed by atoms with Gasteiger partial charge in [-0.25, -0.2) is 58.0 Å². The van der Waals surface area contributed by atoms with Gasteiger partial charge in [0, 0.05) is 54.6 Å². The van der Waals surface area contributed by atoms with Crippen LogP contribution in [0.2, 0.25) is 15.1 Å². The van der Waals surface area contributed by atoms with E-state index in [0.29, 0.717) is 134 Å². The molecular weight excluding hydrogens is 1900 g/mol. The third-order valence-corrected chi connectivity index (χ3v) is 30.5. The first-order valence-electron chi connectivity index (χ1n) is 51.8. The van der Waals surface area contributed by atoms with Crippen LogP contribution in [0.3, 0.4) is 0 Å². The normalized spacial score (nSPS) is 15.4. The molecule has 0 saturated heterocycles. The van der Waals surface area contributed by atoms with Crippen molar-refractivity contribution in [2.75, 3.05) is 7.11 Å². The first kappa shape index (κ1) is 101. The molecule has 6 aromatic carbocycles. The molecule has 0 atom stereocenters. The summed E-state index contributed by atoms with van der Waals surface area (Å²) in [5, 5.41) is 31.2. The molecule has 146 heavy (non-hydrogen) atoms. The lowest BCUT2D eigenvalue weighted by molar-refractivity contribution is 0.414. The number of nitrogens with zero attached hydrogens (tertiary/aromatic N) is 18. The zero-order chi connectivity index (χ0) is 101. The van der Waals surface area contributed by atoms with E-state index in [4.69, 9.17) is 69.4 Å². The zero-order valence-electron chi connectivity index (χ0n) is 84.0. The van der Waals surface area contributed by atoms with Gasteiger partial charge in [-0.2, -0.15) is 30.6 Å². The number of halogens is 3. The van der Waals surface area contributed by atoms with E-state index in [1.54, 1.807) is 67.6 Å². The van der Waals surface area contributed by atoms with Crippen LogP contribution in [0.5, 0.6) is 5.75 Å². The quantitative estimate of drug-likeness (QED) is 0.0389. The highest BCUT2D eigenvalue weighted by Gasteiger charge is 2.28. The number of aromatic amines is 6. The first-order chi connectivity index (χ1) is 70.9. The van der Waals surface area contributed by atoms with E-state index in [-0.39, 0.29) is 33.4 Å². The van der Waals surface area contributed by atoms with Gasteiger partial charge in [-0.3, -0.25) is 28.8 Å². The number of hydrogen-bond acceptors (Lipinski definition) is 19. The van der Waals surface area contributed by atoms with Gasteiger partial charge in [-0.1, -0.05) is 258 Å². The van der Waals surface area contributed by atoms with Crippen LogP contribution < -0.4 is 38.1 Å². The van der Waals surface area contributed by atoms with Crippen LogP contribution in [-0.4, -0.2) is 126 Å². The lowest BCUT2D eigenvalue weighted by atomic mass is 10.0. The second kappa shape index (κ2) is 45.4. The SMILES string of the molecule is CC(C)c1ccc(-n2ncc3c(=O)[nH]c(CC4CCCC4)nc32)cc1.CCc1cccc(C)c1-n1ncc2c(=O)[nH]c(CC3CCCC3)nc21.COc1cccc(-n2ncc3c(=O)[nH]c(CC4CCCC4)nc32)c1.Cc1cc(Cl)cc(Cl)c1-n1ncc2c(=O)[nH]c(CC3CCCC3)nc21.Cc1cc(Cl)ccc1-n1ncc2c(=O)[nH]c(CC3CCCC3)nc21.Cc1cccc(-n2ncc3c(=O)[nH]c(CC4CCCC4)nc32)c1. The summed E-state index contributed by atoms with van der Waals surface area (Å²) in [5.74, 6) is 9.58. The molecule has 756 valence electrons.